The zero-order valence-electron chi connectivity index (χ0n) is 18.6. The summed E-state index contributed by atoms with van der Waals surface area (Å²) in [5, 5.41) is 4.76. The molecule has 1 aromatic heterocycles. The predicted octanol–water partition coefficient (Wildman–Crippen LogP) is 6.08. The summed E-state index contributed by atoms with van der Waals surface area (Å²) in [5.41, 5.74) is 2.42. The molecule has 6 rings (SSSR count). The Morgan fingerprint density at radius 1 is 1.12 bits per heavy atom. The molecule has 0 radical (unpaired) electrons. The first kappa shape index (κ1) is 21.1. The van der Waals surface area contributed by atoms with E-state index in [9.17, 15) is 13.2 Å². The fourth-order valence-corrected chi connectivity index (χ4v) is 7.78. The second-order valence-corrected chi connectivity index (χ2v) is 11.7. The number of alkyl halides is 3. The van der Waals surface area contributed by atoms with Crippen molar-refractivity contribution in [1.29, 1.82) is 0 Å². The van der Waals surface area contributed by atoms with E-state index in [0.29, 0.717) is 34.4 Å². The summed E-state index contributed by atoms with van der Waals surface area (Å²) >= 11 is 2.09. The van der Waals surface area contributed by atoms with Crippen LogP contribution in [0.2, 0.25) is 0 Å². The van der Waals surface area contributed by atoms with Crippen molar-refractivity contribution in [3.63, 3.8) is 0 Å². The van der Waals surface area contributed by atoms with Gasteiger partial charge >= 0.3 is 6.18 Å². The fraction of sp³-hybridized carbons (Fsp3) is 0.640. The quantitative estimate of drug-likeness (QED) is 0.551. The second kappa shape index (κ2) is 7.26. The lowest BCUT2D eigenvalue weighted by atomic mass is 9.91. The first-order chi connectivity index (χ1) is 15.2. The third-order valence-electron chi connectivity index (χ3n) is 8.30. The van der Waals surface area contributed by atoms with Gasteiger partial charge in [0.15, 0.2) is 0 Å². The summed E-state index contributed by atoms with van der Waals surface area (Å²) in [7, 11) is 0. The highest BCUT2D eigenvalue weighted by atomic mass is 32.2. The molecule has 2 saturated carbocycles. The molecule has 32 heavy (non-hydrogen) atoms. The molecule has 172 valence electrons. The molecule has 7 heteroatoms. The van der Waals surface area contributed by atoms with Crippen molar-refractivity contribution >= 4 is 11.8 Å². The minimum absolute atomic E-state index is 0.191. The Morgan fingerprint density at radius 3 is 2.47 bits per heavy atom. The Morgan fingerprint density at radius 2 is 1.88 bits per heavy atom. The Bertz CT molecular complexity index is 1010. The molecule has 0 N–H and O–H groups in total. The molecule has 2 aromatic rings. The number of benzene rings is 1. The minimum atomic E-state index is -4.34. The summed E-state index contributed by atoms with van der Waals surface area (Å²) in [6.45, 7) is 6.76. The van der Waals surface area contributed by atoms with E-state index in [1.165, 1.54) is 61.7 Å². The van der Waals surface area contributed by atoms with Crippen molar-refractivity contribution in [2.45, 2.75) is 57.3 Å². The summed E-state index contributed by atoms with van der Waals surface area (Å²) in [6, 6.07) is 8.54. The van der Waals surface area contributed by atoms with Crippen LogP contribution < -0.4 is 0 Å². The zero-order chi connectivity index (χ0) is 22.3. The summed E-state index contributed by atoms with van der Waals surface area (Å²) in [4.78, 5) is 2.76. The number of aromatic nitrogens is 2. The van der Waals surface area contributed by atoms with Crippen molar-refractivity contribution in [2.24, 2.45) is 17.3 Å². The Labute approximate surface area is 191 Å². The lowest BCUT2D eigenvalue weighted by Crippen LogP contribution is -2.41. The van der Waals surface area contributed by atoms with E-state index < -0.39 is 11.7 Å². The zero-order valence-corrected chi connectivity index (χ0v) is 19.4. The van der Waals surface area contributed by atoms with E-state index in [1.54, 1.807) is 6.07 Å². The van der Waals surface area contributed by atoms with Crippen LogP contribution in [0.15, 0.2) is 30.3 Å². The highest BCUT2D eigenvalue weighted by Gasteiger charge is 2.59. The second-order valence-electron chi connectivity index (χ2n) is 10.8. The predicted molar refractivity (Wildman–Crippen MR) is 122 cm³/mol. The van der Waals surface area contributed by atoms with Gasteiger partial charge in [0.1, 0.15) is 0 Å². The molecule has 0 amide bonds. The van der Waals surface area contributed by atoms with Gasteiger partial charge in [-0.2, -0.15) is 30.0 Å². The number of likely N-dealkylation sites (tertiary alicyclic amines) is 1. The molecule has 3 nitrogen and oxygen atoms in total. The fourth-order valence-electron chi connectivity index (χ4n) is 6.52. The number of rotatable bonds is 4. The molecule has 3 heterocycles. The van der Waals surface area contributed by atoms with Gasteiger partial charge < -0.3 is 0 Å². The Balaban J connectivity index is 1.20. The van der Waals surface area contributed by atoms with Crippen LogP contribution >= 0.6 is 11.8 Å². The molecule has 2 atom stereocenters. The van der Waals surface area contributed by atoms with Gasteiger partial charge in [0.2, 0.25) is 0 Å². The maximum atomic E-state index is 13.2. The lowest BCUT2D eigenvalue weighted by molar-refractivity contribution is -0.137. The normalized spacial score (nSPS) is 31.3. The average Bonchev–Trinajstić information content (AvgIpc) is 3.20. The SMILES string of the molecule is CC(C)n1nc(-c2cccc(C(F)(F)F)c2)cc1C1C2CC(N3CCC4(CSC4)C3)CC21. The van der Waals surface area contributed by atoms with E-state index in [2.05, 4.69) is 41.3 Å². The maximum Gasteiger partial charge on any atom is 0.416 e. The van der Waals surface area contributed by atoms with Crippen LogP contribution in [0.1, 0.15) is 56.3 Å². The van der Waals surface area contributed by atoms with Gasteiger partial charge in [-0.1, -0.05) is 12.1 Å². The third-order valence-corrected chi connectivity index (χ3v) is 9.93. The van der Waals surface area contributed by atoms with Crippen molar-refractivity contribution in [1.82, 2.24) is 14.7 Å². The van der Waals surface area contributed by atoms with Gasteiger partial charge in [-0.05, 0) is 69.7 Å². The van der Waals surface area contributed by atoms with E-state index in [-0.39, 0.29) is 6.04 Å². The number of thioether (sulfide) groups is 1. The van der Waals surface area contributed by atoms with Crippen LogP contribution in [-0.4, -0.2) is 45.3 Å². The van der Waals surface area contributed by atoms with Gasteiger partial charge in [-0.15, -0.1) is 0 Å². The van der Waals surface area contributed by atoms with Crippen LogP contribution in [0.25, 0.3) is 11.3 Å². The van der Waals surface area contributed by atoms with Gasteiger partial charge in [0, 0.05) is 52.7 Å². The molecule has 4 fully saturated rings. The van der Waals surface area contributed by atoms with Crippen molar-refractivity contribution in [3.8, 4) is 11.3 Å². The highest BCUT2D eigenvalue weighted by Crippen LogP contribution is 2.65. The monoisotopic (exact) mass is 461 g/mol. The molecule has 1 aromatic carbocycles. The topological polar surface area (TPSA) is 21.1 Å². The first-order valence-electron chi connectivity index (χ1n) is 11.8. The van der Waals surface area contributed by atoms with E-state index in [1.807, 2.05) is 0 Å². The number of halogens is 3. The van der Waals surface area contributed by atoms with E-state index in [4.69, 9.17) is 5.10 Å². The standard InChI is InChI=1S/C25H30F3N3S/c1-15(2)31-22(11-21(29-31)16-4-3-5-17(8-16)25(26,27)28)23-19-9-18(10-20(19)23)30-7-6-24(12-30)13-32-14-24/h3-5,8,11,15,18-20,23H,6-7,9-10,12-14H2,1-2H3. The van der Waals surface area contributed by atoms with E-state index in [0.717, 1.165) is 12.1 Å². The Kier molecular flexibility index (Phi) is 4.79. The third kappa shape index (κ3) is 3.42. The van der Waals surface area contributed by atoms with Crippen molar-refractivity contribution in [2.75, 3.05) is 24.6 Å². The van der Waals surface area contributed by atoms with Crippen LogP contribution in [0.5, 0.6) is 0 Å². The van der Waals surface area contributed by atoms with Crippen LogP contribution in [0, 0.1) is 17.3 Å². The van der Waals surface area contributed by atoms with Crippen molar-refractivity contribution < 1.29 is 13.2 Å². The smallest absolute Gasteiger partial charge is 0.300 e. The summed E-state index contributed by atoms with van der Waals surface area (Å²) in [5.74, 6) is 4.61. The van der Waals surface area contributed by atoms with Gasteiger partial charge in [0.05, 0.1) is 11.3 Å². The van der Waals surface area contributed by atoms with Crippen LogP contribution in [0.4, 0.5) is 13.2 Å². The van der Waals surface area contributed by atoms with Gasteiger partial charge in [-0.25, -0.2) is 0 Å². The van der Waals surface area contributed by atoms with Crippen LogP contribution in [-0.2, 0) is 6.18 Å². The molecule has 2 unspecified atom stereocenters. The molecule has 4 aliphatic rings. The summed E-state index contributed by atoms with van der Waals surface area (Å²) in [6.07, 6.45) is -0.439. The minimum Gasteiger partial charge on any atom is -0.300 e. The largest absolute Gasteiger partial charge is 0.416 e. The van der Waals surface area contributed by atoms with Crippen LogP contribution in [0.3, 0.4) is 0 Å². The first-order valence-corrected chi connectivity index (χ1v) is 13.0. The number of hydrogen-bond donors (Lipinski definition) is 0. The molecule has 1 spiro atoms. The van der Waals surface area contributed by atoms with E-state index >= 15 is 0 Å². The lowest BCUT2D eigenvalue weighted by Gasteiger charge is -2.38. The summed E-state index contributed by atoms with van der Waals surface area (Å²) < 4.78 is 41.7. The number of hydrogen-bond acceptors (Lipinski definition) is 3. The molecular weight excluding hydrogens is 431 g/mol. The average molecular weight is 462 g/mol. The molecule has 0 bridgehead atoms. The van der Waals surface area contributed by atoms with Gasteiger partial charge in [-0.3, -0.25) is 9.58 Å². The number of fused-ring (bicyclic) bond motifs is 1. The Hall–Kier alpha value is -1.47. The molecule has 2 saturated heterocycles. The molecule has 2 aliphatic carbocycles. The van der Waals surface area contributed by atoms with Crippen molar-refractivity contribution in [3.05, 3.63) is 41.6 Å². The highest BCUT2D eigenvalue weighted by molar-refractivity contribution is 8.00. The maximum absolute atomic E-state index is 13.2. The molecular formula is C25H30F3N3S. The number of nitrogens with zero attached hydrogens (tertiary/aromatic N) is 3. The van der Waals surface area contributed by atoms with Gasteiger partial charge in [0.25, 0.3) is 0 Å². The molecule has 2 aliphatic heterocycles.